The van der Waals surface area contributed by atoms with Gasteiger partial charge in [0.15, 0.2) is 0 Å². The highest BCUT2D eigenvalue weighted by molar-refractivity contribution is 7.09. The van der Waals surface area contributed by atoms with E-state index in [4.69, 9.17) is 17.3 Å². The molecule has 0 spiro atoms. The van der Waals surface area contributed by atoms with Crippen molar-refractivity contribution in [2.45, 2.75) is 26.3 Å². The molecule has 1 heterocycles. The Morgan fingerprint density at radius 3 is 2.42 bits per heavy atom. The monoisotopic (exact) mass is 455 g/mol. The molecule has 0 saturated carbocycles. The summed E-state index contributed by atoms with van der Waals surface area (Å²) < 4.78 is 33.5. The van der Waals surface area contributed by atoms with E-state index < -0.39 is 11.6 Å². The second-order valence-corrected chi connectivity index (χ2v) is 8.41. The van der Waals surface area contributed by atoms with Crippen LogP contribution in [0.4, 0.5) is 8.78 Å². The van der Waals surface area contributed by atoms with E-state index >= 15 is 0 Å². The number of hydrogen-bond donors (Lipinski definition) is 1. The molecule has 0 atom stereocenters. The number of benzene rings is 3. The molecule has 0 saturated heterocycles. The van der Waals surface area contributed by atoms with Gasteiger partial charge >= 0.3 is 0 Å². The van der Waals surface area contributed by atoms with E-state index in [0.29, 0.717) is 16.6 Å². The van der Waals surface area contributed by atoms with E-state index in [1.807, 2.05) is 24.3 Å². The van der Waals surface area contributed by atoms with Gasteiger partial charge in [-0.1, -0.05) is 42.8 Å². The van der Waals surface area contributed by atoms with Gasteiger partial charge in [-0.3, -0.25) is 0 Å². The second kappa shape index (κ2) is 9.22. The van der Waals surface area contributed by atoms with E-state index in [2.05, 4.69) is 22.3 Å². The van der Waals surface area contributed by atoms with Crippen molar-refractivity contribution in [3.63, 3.8) is 0 Å². The standard InChI is InChI=1S/C24H20ClF2N3S/c1-2-14-7-15(3-4-17(14)12-28)20-10-19(25)6-5-16(20)8-18-9-23(27)21(11-22(18)26)24-29-13-30-31-24/h3-7,9-11,13H,2,8,12,28H2,1H3. The van der Waals surface area contributed by atoms with Crippen molar-refractivity contribution in [2.75, 3.05) is 0 Å². The fourth-order valence-corrected chi connectivity index (χ4v) is 4.39. The van der Waals surface area contributed by atoms with Crippen LogP contribution in [0.3, 0.4) is 0 Å². The minimum atomic E-state index is -0.524. The van der Waals surface area contributed by atoms with E-state index in [-0.39, 0.29) is 17.5 Å². The Kier molecular flexibility index (Phi) is 6.41. The van der Waals surface area contributed by atoms with Crippen molar-refractivity contribution < 1.29 is 8.78 Å². The molecule has 4 aromatic rings. The molecule has 1 aromatic heterocycles. The Bertz CT molecular complexity index is 1230. The average Bonchev–Trinajstić information content (AvgIpc) is 3.31. The summed E-state index contributed by atoms with van der Waals surface area (Å²) in [6.45, 7) is 2.55. The van der Waals surface area contributed by atoms with E-state index in [1.165, 1.54) is 18.5 Å². The average molecular weight is 456 g/mol. The zero-order valence-corrected chi connectivity index (χ0v) is 18.4. The first kappa shape index (κ1) is 21.6. The summed E-state index contributed by atoms with van der Waals surface area (Å²) in [5.41, 5.74) is 11.2. The Hall–Kier alpha value is -2.67. The van der Waals surface area contributed by atoms with Gasteiger partial charge in [-0.05, 0) is 75.6 Å². The van der Waals surface area contributed by atoms with E-state index in [1.54, 1.807) is 6.07 Å². The molecule has 0 amide bonds. The number of hydrogen-bond acceptors (Lipinski definition) is 4. The minimum Gasteiger partial charge on any atom is -0.326 e. The Labute approximate surface area is 188 Å². The van der Waals surface area contributed by atoms with Gasteiger partial charge in [0.2, 0.25) is 0 Å². The first-order valence-electron chi connectivity index (χ1n) is 9.85. The van der Waals surface area contributed by atoms with Crippen LogP contribution in [-0.4, -0.2) is 9.36 Å². The molecule has 0 radical (unpaired) electrons. The topological polar surface area (TPSA) is 51.8 Å². The maximum absolute atomic E-state index is 14.9. The van der Waals surface area contributed by atoms with Gasteiger partial charge in [-0.15, -0.1) is 0 Å². The van der Waals surface area contributed by atoms with Crippen LogP contribution in [0.2, 0.25) is 5.02 Å². The largest absolute Gasteiger partial charge is 0.326 e. The summed E-state index contributed by atoms with van der Waals surface area (Å²) in [7, 11) is 0. The van der Waals surface area contributed by atoms with Crippen molar-refractivity contribution >= 4 is 23.1 Å². The second-order valence-electron chi connectivity index (χ2n) is 7.19. The first-order chi connectivity index (χ1) is 15.0. The molecule has 158 valence electrons. The summed E-state index contributed by atoms with van der Waals surface area (Å²) >= 11 is 7.30. The molecule has 0 unspecified atom stereocenters. The van der Waals surface area contributed by atoms with Gasteiger partial charge in [-0.25, -0.2) is 13.8 Å². The van der Waals surface area contributed by atoms with Gasteiger partial charge < -0.3 is 5.73 Å². The van der Waals surface area contributed by atoms with E-state index in [9.17, 15) is 8.78 Å². The lowest BCUT2D eigenvalue weighted by Gasteiger charge is -2.14. The van der Waals surface area contributed by atoms with Gasteiger partial charge in [0.05, 0.1) is 5.56 Å². The highest BCUT2D eigenvalue weighted by Crippen LogP contribution is 2.32. The molecular weight excluding hydrogens is 436 g/mol. The highest BCUT2D eigenvalue weighted by Gasteiger charge is 2.16. The zero-order chi connectivity index (χ0) is 22.0. The van der Waals surface area contributed by atoms with Gasteiger partial charge in [0.25, 0.3) is 0 Å². The molecule has 3 aromatic carbocycles. The predicted octanol–water partition coefficient (Wildman–Crippen LogP) is 6.42. The molecule has 2 N–H and O–H groups in total. The van der Waals surface area contributed by atoms with Gasteiger partial charge in [-0.2, -0.15) is 4.37 Å². The number of nitrogens with two attached hydrogens (primary N) is 1. The summed E-state index contributed by atoms with van der Waals surface area (Å²) in [5, 5.41) is 0.931. The Balaban J connectivity index is 1.75. The minimum absolute atomic E-state index is 0.116. The Morgan fingerprint density at radius 1 is 0.903 bits per heavy atom. The van der Waals surface area contributed by atoms with Crippen LogP contribution in [0.1, 0.15) is 29.2 Å². The zero-order valence-electron chi connectivity index (χ0n) is 16.8. The first-order valence-corrected chi connectivity index (χ1v) is 11.0. The number of rotatable bonds is 6. The van der Waals surface area contributed by atoms with Gasteiger partial charge in [0, 0.05) is 18.0 Å². The molecular formula is C24H20ClF2N3S. The van der Waals surface area contributed by atoms with Crippen LogP contribution < -0.4 is 5.73 Å². The smallest absolute Gasteiger partial charge is 0.146 e. The molecule has 0 aliphatic carbocycles. The number of halogens is 3. The molecule has 0 fully saturated rings. The van der Waals surface area contributed by atoms with Crippen LogP contribution in [-0.2, 0) is 19.4 Å². The summed E-state index contributed by atoms with van der Waals surface area (Å²) in [4.78, 5) is 3.97. The lowest BCUT2D eigenvalue weighted by atomic mass is 9.92. The van der Waals surface area contributed by atoms with Gasteiger partial charge in [0.1, 0.15) is 23.0 Å². The van der Waals surface area contributed by atoms with E-state index in [0.717, 1.165) is 45.8 Å². The van der Waals surface area contributed by atoms with Crippen molar-refractivity contribution in [2.24, 2.45) is 5.73 Å². The van der Waals surface area contributed by atoms with Crippen molar-refractivity contribution in [3.05, 3.63) is 93.8 Å². The predicted molar refractivity (Wildman–Crippen MR) is 122 cm³/mol. The normalized spacial score (nSPS) is 11.1. The quantitative estimate of drug-likeness (QED) is 0.365. The molecule has 0 bridgehead atoms. The SMILES string of the molecule is CCc1cc(-c2cc(Cl)ccc2Cc2cc(F)c(-c3ncns3)cc2F)ccc1CN. The number of aryl methyl sites for hydroxylation is 1. The maximum Gasteiger partial charge on any atom is 0.146 e. The van der Waals surface area contributed by atoms with Crippen LogP contribution in [0.15, 0.2) is 54.9 Å². The Morgan fingerprint density at radius 2 is 1.71 bits per heavy atom. The van der Waals surface area contributed by atoms with Crippen molar-refractivity contribution in [3.8, 4) is 21.7 Å². The van der Waals surface area contributed by atoms with Crippen molar-refractivity contribution in [1.29, 1.82) is 0 Å². The fourth-order valence-electron chi connectivity index (χ4n) is 3.68. The third-order valence-electron chi connectivity index (χ3n) is 5.30. The highest BCUT2D eigenvalue weighted by atomic mass is 35.5. The summed E-state index contributed by atoms with van der Waals surface area (Å²) in [6, 6.07) is 14.0. The van der Waals surface area contributed by atoms with Crippen molar-refractivity contribution in [1.82, 2.24) is 9.36 Å². The van der Waals surface area contributed by atoms with Crippen LogP contribution in [0, 0.1) is 11.6 Å². The van der Waals surface area contributed by atoms with Crippen LogP contribution in [0.5, 0.6) is 0 Å². The lowest BCUT2D eigenvalue weighted by Crippen LogP contribution is -2.02. The summed E-state index contributed by atoms with van der Waals surface area (Å²) in [6.07, 6.45) is 2.40. The molecule has 7 heteroatoms. The van der Waals surface area contributed by atoms with Crippen LogP contribution in [0.25, 0.3) is 21.7 Å². The molecule has 4 rings (SSSR count). The molecule has 0 aliphatic heterocycles. The van der Waals surface area contributed by atoms with Crippen LogP contribution >= 0.6 is 23.1 Å². The maximum atomic E-state index is 14.9. The third-order valence-corrected chi connectivity index (χ3v) is 6.23. The third kappa shape index (κ3) is 4.51. The molecule has 0 aliphatic rings. The number of nitrogens with zero attached hydrogens (tertiary/aromatic N) is 2. The summed E-state index contributed by atoms with van der Waals surface area (Å²) in [5.74, 6) is -1.01. The molecule has 31 heavy (non-hydrogen) atoms. The lowest BCUT2D eigenvalue weighted by molar-refractivity contribution is 0.591. The fraction of sp³-hybridized carbons (Fsp3) is 0.167. The number of aromatic nitrogens is 2. The molecule has 3 nitrogen and oxygen atoms in total.